The molecule has 0 spiro atoms. The third-order valence-electron chi connectivity index (χ3n) is 2.24. The molecular weight excluding hydrogens is 222 g/mol. The van der Waals surface area contributed by atoms with Crippen molar-refractivity contribution in [1.29, 1.82) is 0 Å². The highest BCUT2D eigenvalue weighted by Gasteiger charge is 2.07. The number of nitrogens with two attached hydrogens (primary N) is 1. The molecule has 1 amide bonds. The van der Waals surface area contributed by atoms with Gasteiger partial charge in [-0.3, -0.25) is 4.79 Å². The summed E-state index contributed by atoms with van der Waals surface area (Å²) in [5.74, 6) is -0.0841. The molecule has 2 aromatic rings. The second-order valence-corrected chi connectivity index (χ2v) is 4.56. The second kappa shape index (κ2) is 4.59. The molecule has 0 aliphatic rings. The number of hydrogen-bond acceptors (Lipinski definition) is 4. The lowest BCUT2D eigenvalue weighted by Crippen LogP contribution is -2.15. The van der Waals surface area contributed by atoms with E-state index in [4.69, 9.17) is 5.73 Å². The molecule has 84 valence electrons. The Hall–Kier alpha value is -1.46. The van der Waals surface area contributed by atoms with Gasteiger partial charge in [-0.1, -0.05) is 23.5 Å². The topological polar surface area (TPSA) is 68.0 Å². The first-order valence-corrected chi connectivity index (χ1v) is 5.88. The summed E-state index contributed by atoms with van der Waals surface area (Å²) in [6, 6.07) is 5.99. The van der Waals surface area contributed by atoms with Gasteiger partial charge < -0.3 is 11.1 Å². The van der Waals surface area contributed by atoms with E-state index in [1.807, 2.05) is 25.1 Å². The van der Waals surface area contributed by atoms with Gasteiger partial charge in [-0.2, -0.15) is 0 Å². The van der Waals surface area contributed by atoms with Crippen molar-refractivity contribution in [3.05, 3.63) is 23.8 Å². The molecule has 2 rings (SSSR count). The van der Waals surface area contributed by atoms with Gasteiger partial charge in [-0.25, -0.2) is 4.98 Å². The molecule has 0 unspecified atom stereocenters. The van der Waals surface area contributed by atoms with E-state index in [0.29, 0.717) is 18.1 Å². The molecule has 0 saturated heterocycles. The summed E-state index contributed by atoms with van der Waals surface area (Å²) >= 11 is 1.48. The van der Waals surface area contributed by atoms with E-state index in [9.17, 15) is 4.79 Å². The Morgan fingerprint density at radius 3 is 3.06 bits per heavy atom. The SMILES string of the molecule is Cc1cccc2sc(NC(=O)CCN)nc12. The number of anilines is 1. The minimum atomic E-state index is -0.0841. The number of amides is 1. The summed E-state index contributed by atoms with van der Waals surface area (Å²) in [4.78, 5) is 15.7. The van der Waals surface area contributed by atoms with Crippen LogP contribution in [0.25, 0.3) is 10.2 Å². The van der Waals surface area contributed by atoms with Crippen LogP contribution in [-0.2, 0) is 4.79 Å². The maximum atomic E-state index is 11.3. The van der Waals surface area contributed by atoms with Gasteiger partial charge in [0.25, 0.3) is 0 Å². The molecule has 16 heavy (non-hydrogen) atoms. The highest BCUT2D eigenvalue weighted by atomic mass is 32.1. The number of thiazole rings is 1. The van der Waals surface area contributed by atoms with Crippen molar-refractivity contribution < 1.29 is 4.79 Å². The van der Waals surface area contributed by atoms with E-state index in [1.54, 1.807) is 0 Å². The molecule has 0 aliphatic carbocycles. The monoisotopic (exact) mass is 235 g/mol. The Morgan fingerprint density at radius 2 is 2.38 bits per heavy atom. The first-order chi connectivity index (χ1) is 7.70. The smallest absolute Gasteiger partial charge is 0.227 e. The molecule has 5 heteroatoms. The molecule has 1 aromatic heterocycles. The van der Waals surface area contributed by atoms with Gasteiger partial charge in [0.2, 0.25) is 5.91 Å². The van der Waals surface area contributed by atoms with Crippen LogP contribution in [0, 0.1) is 6.92 Å². The number of para-hydroxylation sites is 1. The van der Waals surface area contributed by atoms with Crippen molar-refractivity contribution in [2.45, 2.75) is 13.3 Å². The van der Waals surface area contributed by atoms with Crippen molar-refractivity contribution in [2.75, 3.05) is 11.9 Å². The zero-order valence-electron chi connectivity index (χ0n) is 8.99. The fourth-order valence-electron chi connectivity index (χ4n) is 1.45. The highest BCUT2D eigenvalue weighted by molar-refractivity contribution is 7.22. The first kappa shape index (κ1) is 11.0. The van der Waals surface area contributed by atoms with Gasteiger partial charge in [0.15, 0.2) is 5.13 Å². The lowest BCUT2D eigenvalue weighted by molar-refractivity contribution is -0.116. The number of aryl methyl sites for hydroxylation is 1. The van der Waals surface area contributed by atoms with E-state index in [-0.39, 0.29) is 5.91 Å². The van der Waals surface area contributed by atoms with Crippen molar-refractivity contribution in [3.63, 3.8) is 0 Å². The normalized spacial score (nSPS) is 10.6. The van der Waals surface area contributed by atoms with Crippen LogP contribution in [0.1, 0.15) is 12.0 Å². The zero-order chi connectivity index (χ0) is 11.5. The molecular formula is C11H13N3OS. The molecule has 0 bridgehead atoms. The summed E-state index contributed by atoms with van der Waals surface area (Å²) in [5, 5.41) is 3.39. The Labute approximate surface area is 97.5 Å². The lowest BCUT2D eigenvalue weighted by atomic mass is 10.2. The fourth-order valence-corrected chi connectivity index (χ4v) is 2.41. The molecule has 0 radical (unpaired) electrons. The van der Waals surface area contributed by atoms with E-state index in [0.717, 1.165) is 15.8 Å². The molecule has 3 N–H and O–H groups in total. The van der Waals surface area contributed by atoms with E-state index in [2.05, 4.69) is 10.3 Å². The van der Waals surface area contributed by atoms with Gasteiger partial charge in [-0.15, -0.1) is 0 Å². The number of nitrogens with one attached hydrogen (secondary N) is 1. The summed E-state index contributed by atoms with van der Waals surface area (Å²) in [6.07, 6.45) is 0.328. The minimum Gasteiger partial charge on any atom is -0.330 e. The number of benzene rings is 1. The van der Waals surface area contributed by atoms with Gasteiger partial charge in [0, 0.05) is 13.0 Å². The number of carbonyl (C=O) groups is 1. The van der Waals surface area contributed by atoms with Crippen LogP contribution < -0.4 is 11.1 Å². The summed E-state index contributed by atoms with van der Waals surface area (Å²) < 4.78 is 1.09. The standard InChI is InChI=1S/C11H13N3OS/c1-7-3-2-4-8-10(7)14-11(16-8)13-9(15)5-6-12/h2-4H,5-6,12H2,1H3,(H,13,14,15). The molecule has 0 saturated carbocycles. The fraction of sp³-hybridized carbons (Fsp3) is 0.273. The van der Waals surface area contributed by atoms with E-state index in [1.165, 1.54) is 11.3 Å². The average molecular weight is 235 g/mol. The van der Waals surface area contributed by atoms with Gasteiger partial charge in [-0.05, 0) is 18.6 Å². The van der Waals surface area contributed by atoms with Gasteiger partial charge in [0.1, 0.15) is 0 Å². The molecule has 1 aromatic carbocycles. The summed E-state index contributed by atoms with van der Waals surface area (Å²) in [6.45, 7) is 2.36. The van der Waals surface area contributed by atoms with Crippen LogP contribution in [0.3, 0.4) is 0 Å². The van der Waals surface area contributed by atoms with E-state index < -0.39 is 0 Å². The van der Waals surface area contributed by atoms with Crippen molar-refractivity contribution in [3.8, 4) is 0 Å². The predicted molar refractivity (Wildman–Crippen MR) is 66.7 cm³/mol. The Bertz CT molecular complexity index is 521. The number of rotatable bonds is 3. The van der Waals surface area contributed by atoms with Crippen molar-refractivity contribution in [2.24, 2.45) is 5.73 Å². The van der Waals surface area contributed by atoms with Crippen LogP contribution in [0.15, 0.2) is 18.2 Å². The third-order valence-corrected chi connectivity index (χ3v) is 3.17. The molecule has 0 aliphatic heterocycles. The number of nitrogens with zero attached hydrogens (tertiary/aromatic N) is 1. The Balaban J connectivity index is 2.26. The molecule has 0 atom stereocenters. The second-order valence-electron chi connectivity index (χ2n) is 3.53. The number of hydrogen-bond donors (Lipinski definition) is 2. The number of carbonyl (C=O) groups excluding carboxylic acids is 1. The highest BCUT2D eigenvalue weighted by Crippen LogP contribution is 2.27. The van der Waals surface area contributed by atoms with Gasteiger partial charge in [0.05, 0.1) is 10.2 Å². The molecule has 4 nitrogen and oxygen atoms in total. The molecule has 1 heterocycles. The quantitative estimate of drug-likeness (QED) is 0.853. The zero-order valence-corrected chi connectivity index (χ0v) is 9.80. The maximum absolute atomic E-state index is 11.3. The maximum Gasteiger partial charge on any atom is 0.227 e. The van der Waals surface area contributed by atoms with Crippen LogP contribution in [-0.4, -0.2) is 17.4 Å². The van der Waals surface area contributed by atoms with Crippen LogP contribution >= 0.6 is 11.3 Å². The van der Waals surface area contributed by atoms with E-state index >= 15 is 0 Å². The van der Waals surface area contributed by atoms with Gasteiger partial charge >= 0.3 is 0 Å². The van der Waals surface area contributed by atoms with Crippen LogP contribution in [0.5, 0.6) is 0 Å². The lowest BCUT2D eigenvalue weighted by Gasteiger charge is -1.97. The summed E-state index contributed by atoms with van der Waals surface area (Å²) in [5.41, 5.74) is 7.38. The third kappa shape index (κ3) is 2.20. The molecule has 0 fully saturated rings. The summed E-state index contributed by atoms with van der Waals surface area (Å²) in [7, 11) is 0. The number of aromatic nitrogens is 1. The van der Waals surface area contributed by atoms with Crippen molar-refractivity contribution >= 4 is 32.6 Å². The Morgan fingerprint density at radius 1 is 1.56 bits per heavy atom. The van der Waals surface area contributed by atoms with Crippen LogP contribution in [0.4, 0.5) is 5.13 Å². The average Bonchev–Trinajstić information content (AvgIpc) is 2.62. The van der Waals surface area contributed by atoms with Crippen molar-refractivity contribution in [1.82, 2.24) is 4.98 Å². The van der Waals surface area contributed by atoms with Crippen LogP contribution in [0.2, 0.25) is 0 Å². The minimum absolute atomic E-state index is 0.0841. The largest absolute Gasteiger partial charge is 0.330 e. The number of fused-ring (bicyclic) bond motifs is 1. The predicted octanol–water partition coefficient (Wildman–Crippen LogP) is 1.89. The first-order valence-electron chi connectivity index (χ1n) is 5.07. The Kier molecular flexibility index (Phi) is 3.17.